The number of hydrogen-bond donors (Lipinski definition) is 1. The molecule has 1 fully saturated rings. The molecule has 0 aromatic heterocycles. The molecule has 2 aromatic carbocycles. The highest BCUT2D eigenvalue weighted by molar-refractivity contribution is 5.92. The van der Waals surface area contributed by atoms with Gasteiger partial charge in [0.2, 0.25) is 5.91 Å². The Kier molecular flexibility index (Phi) is 5.54. The molecule has 25 heavy (non-hydrogen) atoms. The van der Waals surface area contributed by atoms with Gasteiger partial charge in [-0.1, -0.05) is 35.9 Å². The number of hydrogen-bond acceptors (Lipinski definition) is 2. The van der Waals surface area contributed by atoms with Crippen LogP contribution in [0.2, 0.25) is 0 Å². The molecule has 0 aliphatic carbocycles. The second-order valence-corrected chi connectivity index (χ2v) is 7.43. The summed E-state index contributed by atoms with van der Waals surface area (Å²) in [4.78, 5) is 15.1. The van der Waals surface area contributed by atoms with Crippen LogP contribution in [-0.2, 0) is 11.3 Å². The molecule has 1 N–H and O–H groups in total. The summed E-state index contributed by atoms with van der Waals surface area (Å²) in [5, 5.41) is 3.12. The topological polar surface area (TPSA) is 32.3 Å². The maximum absolute atomic E-state index is 12.7. The molecule has 1 unspecified atom stereocenters. The Morgan fingerprint density at radius 1 is 1.04 bits per heavy atom. The van der Waals surface area contributed by atoms with Gasteiger partial charge in [0.15, 0.2) is 0 Å². The van der Waals surface area contributed by atoms with Crippen molar-refractivity contribution in [2.75, 3.05) is 18.4 Å². The number of anilines is 1. The van der Waals surface area contributed by atoms with E-state index in [1.165, 1.54) is 22.3 Å². The summed E-state index contributed by atoms with van der Waals surface area (Å²) >= 11 is 0. The Balaban J connectivity index is 1.60. The van der Waals surface area contributed by atoms with E-state index in [1.54, 1.807) is 0 Å². The summed E-state index contributed by atoms with van der Waals surface area (Å²) in [6.45, 7) is 9.07. The fourth-order valence-electron chi connectivity index (χ4n) is 3.66. The molecule has 3 nitrogen and oxygen atoms in total. The molecule has 1 heterocycles. The molecule has 2 aromatic rings. The minimum absolute atomic E-state index is 0.0695. The van der Waals surface area contributed by atoms with Crippen LogP contribution in [0.25, 0.3) is 0 Å². The van der Waals surface area contributed by atoms with Crippen LogP contribution in [0.4, 0.5) is 5.69 Å². The van der Waals surface area contributed by atoms with Crippen molar-refractivity contribution in [1.29, 1.82) is 0 Å². The van der Waals surface area contributed by atoms with Gasteiger partial charge in [-0.2, -0.15) is 0 Å². The number of benzene rings is 2. The lowest BCUT2D eigenvalue weighted by molar-refractivity contribution is -0.121. The van der Waals surface area contributed by atoms with Gasteiger partial charge in [-0.05, 0) is 69.0 Å². The summed E-state index contributed by atoms with van der Waals surface area (Å²) in [6.07, 6.45) is 2.05. The third-order valence-corrected chi connectivity index (χ3v) is 4.89. The largest absolute Gasteiger partial charge is 0.326 e. The normalized spacial score (nSPS) is 18.1. The van der Waals surface area contributed by atoms with Gasteiger partial charge in [-0.3, -0.25) is 9.69 Å². The average Bonchev–Trinajstić information content (AvgIpc) is 2.56. The first kappa shape index (κ1) is 17.7. The van der Waals surface area contributed by atoms with E-state index in [2.05, 4.69) is 61.3 Å². The zero-order chi connectivity index (χ0) is 17.8. The van der Waals surface area contributed by atoms with Crippen molar-refractivity contribution >= 4 is 11.6 Å². The monoisotopic (exact) mass is 336 g/mol. The second-order valence-electron chi connectivity index (χ2n) is 7.43. The summed E-state index contributed by atoms with van der Waals surface area (Å²) in [7, 11) is 0. The van der Waals surface area contributed by atoms with Crippen molar-refractivity contribution in [2.24, 2.45) is 5.92 Å². The maximum atomic E-state index is 12.7. The van der Waals surface area contributed by atoms with Crippen molar-refractivity contribution in [2.45, 2.75) is 40.2 Å². The van der Waals surface area contributed by atoms with Crippen LogP contribution in [0.3, 0.4) is 0 Å². The van der Waals surface area contributed by atoms with E-state index in [0.29, 0.717) is 0 Å². The van der Waals surface area contributed by atoms with Gasteiger partial charge in [-0.25, -0.2) is 0 Å². The van der Waals surface area contributed by atoms with E-state index in [1.807, 2.05) is 12.1 Å². The molecular formula is C22H28N2O. The molecule has 132 valence electrons. The van der Waals surface area contributed by atoms with E-state index >= 15 is 0 Å². The highest BCUT2D eigenvalue weighted by Gasteiger charge is 2.25. The zero-order valence-electron chi connectivity index (χ0n) is 15.5. The number of nitrogens with zero attached hydrogens (tertiary/aromatic N) is 1. The van der Waals surface area contributed by atoms with Crippen molar-refractivity contribution in [1.82, 2.24) is 4.90 Å². The molecule has 3 rings (SSSR count). The van der Waals surface area contributed by atoms with E-state index < -0.39 is 0 Å². The average molecular weight is 336 g/mol. The first-order valence-electron chi connectivity index (χ1n) is 9.16. The lowest BCUT2D eigenvalue weighted by Crippen LogP contribution is -2.40. The number of nitrogens with one attached hydrogen (secondary N) is 1. The van der Waals surface area contributed by atoms with E-state index in [0.717, 1.165) is 38.2 Å². The first-order valence-corrected chi connectivity index (χ1v) is 9.16. The molecule has 1 aliphatic rings. The number of likely N-dealkylation sites (tertiary alicyclic amines) is 1. The van der Waals surface area contributed by atoms with Gasteiger partial charge >= 0.3 is 0 Å². The molecule has 0 saturated carbocycles. The third kappa shape index (κ3) is 4.93. The van der Waals surface area contributed by atoms with Crippen molar-refractivity contribution in [3.63, 3.8) is 0 Å². The summed E-state index contributed by atoms with van der Waals surface area (Å²) in [5.41, 5.74) is 5.88. The van der Waals surface area contributed by atoms with Crippen molar-refractivity contribution in [3.8, 4) is 0 Å². The maximum Gasteiger partial charge on any atom is 0.228 e. The SMILES string of the molecule is Cc1ccc(CN2CCCC(C(=O)Nc3cc(C)cc(C)c3)C2)cc1. The van der Waals surface area contributed by atoms with Gasteiger partial charge in [0.25, 0.3) is 0 Å². The number of piperidine rings is 1. The van der Waals surface area contributed by atoms with Crippen LogP contribution in [0, 0.1) is 26.7 Å². The summed E-state index contributed by atoms with van der Waals surface area (Å²) in [5.74, 6) is 0.221. The molecule has 0 bridgehead atoms. The summed E-state index contributed by atoms with van der Waals surface area (Å²) < 4.78 is 0. The Bertz CT molecular complexity index is 716. The highest BCUT2D eigenvalue weighted by atomic mass is 16.1. The number of aryl methyl sites for hydroxylation is 3. The van der Waals surface area contributed by atoms with Crippen LogP contribution in [0.1, 0.15) is 35.1 Å². The third-order valence-electron chi connectivity index (χ3n) is 4.89. The van der Waals surface area contributed by atoms with Crippen LogP contribution in [0.5, 0.6) is 0 Å². The van der Waals surface area contributed by atoms with Gasteiger partial charge < -0.3 is 5.32 Å². The Morgan fingerprint density at radius 3 is 2.40 bits per heavy atom. The van der Waals surface area contributed by atoms with E-state index in [4.69, 9.17) is 0 Å². The van der Waals surface area contributed by atoms with Crippen LogP contribution >= 0.6 is 0 Å². The highest BCUT2D eigenvalue weighted by Crippen LogP contribution is 2.21. The standard InChI is InChI=1S/C22H28N2O/c1-16-6-8-19(9-7-16)14-24-10-4-5-20(15-24)22(25)23-21-12-17(2)11-18(3)13-21/h6-9,11-13,20H,4-5,10,14-15H2,1-3H3,(H,23,25). The van der Waals surface area contributed by atoms with Crippen LogP contribution < -0.4 is 5.32 Å². The predicted octanol–water partition coefficient (Wildman–Crippen LogP) is 4.46. The minimum atomic E-state index is 0.0695. The molecule has 1 aliphatic heterocycles. The van der Waals surface area contributed by atoms with E-state index in [-0.39, 0.29) is 11.8 Å². The van der Waals surface area contributed by atoms with Crippen LogP contribution in [-0.4, -0.2) is 23.9 Å². The van der Waals surface area contributed by atoms with E-state index in [9.17, 15) is 4.79 Å². The second kappa shape index (κ2) is 7.83. The quantitative estimate of drug-likeness (QED) is 0.894. The van der Waals surface area contributed by atoms with Crippen molar-refractivity contribution < 1.29 is 4.79 Å². The van der Waals surface area contributed by atoms with Crippen molar-refractivity contribution in [3.05, 3.63) is 64.7 Å². The van der Waals surface area contributed by atoms with Crippen LogP contribution in [0.15, 0.2) is 42.5 Å². The van der Waals surface area contributed by atoms with Gasteiger partial charge in [0.05, 0.1) is 5.92 Å². The smallest absolute Gasteiger partial charge is 0.228 e. The number of rotatable bonds is 4. The lowest BCUT2D eigenvalue weighted by atomic mass is 9.96. The first-order chi connectivity index (χ1) is 12.0. The Labute approximate surface area is 151 Å². The molecule has 1 amide bonds. The van der Waals surface area contributed by atoms with Gasteiger partial charge in [-0.15, -0.1) is 0 Å². The molecule has 1 atom stereocenters. The molecule has 0 radical (unpaired) electrons. The zero-order valence-corrected chi connectivity index (χ0v) is 15.5. The fraction of sp³-hybridized carbons (Fsp3) is 0.409. The molecule has 0 spiro atoms. The predicted molar refractivity (Wildman–Crippen MR) is 104 cm³/mol. The Hall–Kier alpha value is -2.13. The van der Waals surface area contributed by atoms with Gasteiger partial charge in [0, 0.05) is 18.8 Å². The number of carbonyl (C=O) groups is 1. The molecule has 1 saturated heterocycles. The lowest BCUT2D eigenvalue weighted by Gasteiger charge is -2.32. The number of amides is 1. The Morgan fingerprint density at radius 2 is 1.72 bits per heavy atom. The summed E-state index contributed by atoms with van der Waals surface area (Å²) in [6, 6.07) is 14.9. The number of carbonyl (C=O) groups excluding carboxylic acids is 1. The van der Waals surface area contributed by atoms with Gasteiger partial charge in [0.1, 0.15) is 0 Å². The fourth-order valence-corrected chi connectivity index (χ4v) is 3.66. The minimum Gasteiger partial charge on any atom is -0.326 e. The molecular weight excluding hydrogens is 308 g/mol. The molecule has 3 heteroatoms.